The second-order valence-corrected chi connectivity index (χ2v) is 4.89. The van der Waals surface area contributed by atoms with E-state index in [1.165, 1.54) is 14.0 Å². The van der Waals surface area contributed by atoms with E-state index < -0.39 is 36.2 Å². The number of amides is 1. The number of Topliss-reactive ketones (excluding diaryl/α,β-unsaturated/α-hetero) is 2. The molecule has 2 atom stereocenters. The van der Waals surface area contributed by atoms with Crippen LogP contribution in [-0.4, -0.2) is 60.9 Å². The van der Waals surface area contributed by atoms with E-state index in [2.05, 4.69) is 15.4 Å². The van der Waals surface area contributed by atoms with E-state index in [4.69, 9.17) is 5.11 Å². The summed E-state index contributed by atoms with van der Waals surface area (Å²) in [5.41, 5.74) is 0. The second kappa shape index (κ2) is 10.9. The minimum absolute atomic E-state index is 0.310. The molecule has 8 heteroatoms. The predicted molar refractivity (Wildman–Crippen MR) is 78.0 cm³/mol. The van der Waals surface area contributed by atoms with Crippen LogP contribution in [0.25, 0.3) is 0 Å². The van der Waals surface area contributed by atoms with Crippen LogP contribution in [-0.2, 0) is 23.9 Å². The van der Waals surface area contributed by atoms with Gasteiger partial charge >= 0.3 is 5.97 Å². The van der Waals surface area contributed by atoms with Crippen LogP contribution in [0, 0.1) is 0 Å². The highest BCUT2D eigenvalue weighted by atomic mass is 16.5. The SMILES string of the molecule is COC(=O)[C@@H](CCCCNC(C)C(=O)C(=O)CO)NC(C)=O. The summed E-state index contributed by atoms with van der Waals surface area (Å²) in [4.78, 5) is 44.9. The van der Waals surface area contributed by atoms with Gasteiger partial charge in [-0.05, 0) is 32.7 Å². The lowest BCUT2D eigenvalue weighted by molar-refractivity contribution is -0.145. The molecule has 22 heavy (non-hydrogen) atoms. The minimum atomic E-state index is -0.823. The van der Waals surface area contributed by atoms with Crippen LogP contribution in [0.2, 0.25) is 0 Å². The number of carbonyl (C=O) groups is 4. The van der Waals surface area contributed by atoms with Gasteiger partial charge in [0.25, 0.3) is 0 Å². The number of hydrogen-bond donors (Lipinski definition) is 3. The van der Waals surface area contributed by atoms with Gasteiger partial charge in [0.2, 0.25) is 17.5 Å². The summed E-state index contributed by atoms with van der Waals surface area (Å²) in [6.45, 7) is 2.55. The fraction of sp³-hybridized carbons (Fsp3) is 0.714. The Morgan fingerprint density at radius 2 is 1.82 bits per heavy atom. The number of esters is 1. The topological polar surface area (TPSA) is 122 Å². The number of ether oxygens (including phenoxy) is 1. The van der Waals surface area contributed by atoms with E-state index in [0.29, 0.717) is 25.8 Å². The van der Waals surface area contributed by atoms with Crippen molar-refractivity contribution < 1.29 is 29.0 Å². The zero-order valence-corrected chi connectivity index (χ0v) is 13.2. The van der Waals surface area contributed by atoms with Crippen molar-refractivity contribution in [3.63, 3.8) is 0 Å². The molecule has 3 N–H and O–H groups in total. The normalized spacial score (nSPS) is 13.1. The third-order valence-corrected chi connectivity index (χ3v) is 3.05. The lowest BCUT2D eigenvalue weighted by Crippen LogP contribution is -2.41. The molecule has 0 rings (SSSR count). The van der Waals surface area contributed by atoms with Crippen LogP contribution in [0.3, 0.4) is 0 Å². The highest BCUT2D eigenvalue weighted by Crippen LogP contribution is 2.03. The van der Waals surface area contributed by atoms with E-state index in [1.807, 2.05) is 0 Å². The average molecular weight is 316 g/mol. The van der Waals surface area contributed by atoms with E-state index >= 15 is 0 Å². The van der Waals surface area contributed by atoms with Gasteiger partial charge in [0.1, 0.15) is 12.6 Å². The van der Waals surface area contributed by atoms with Crippen molar-refractivity contribution in [3.05, 3.63) is 0 Å². The van der Waals surface area contributed by atoms with Crippen molar-refractivity contribution in [2.75, 3.05) is 20.3 Å². The van der Waals surface area contributed by atoms with Crippen molar-refractivity contribution >= 4 is 23.4 Å². The second-order valence-electron chi connectivity index (χ2n) is 4.89. The molecule has 0 spiro atoms. The first-order valence-electron chi connectivity index (χ1n) is 7.09. The van der Waals surface area contributed by atoms with Crippen molar-refractivity contribution in [2.24, 2.45) is 0 Å². The summed E-state index contributed by atoms with van der Waals surface area (Å²) in [6, 6.07) is -1.34. The molecule has 0 aliphatic rings. The molecule has 1 amide bonds. The van der Waals surface area contributed by atoms with Gasteiger partial charge in [-0.15, -0.1) is 0 Å². The van der Waals surface area contributed by atoms with Crippen LogP contribution in [0.4, 0.5) is 0 Å². The Bertz CT molecular complexity index is 410. The molecule has 0 saturated carbocycles. The Balaban J connectivity index is 4.04. The third kappa shape index (κ3) is 7.84. The first-order chi connectivity index (χ1) is 10.3. The molecule has 0 heterocycles. The van der Waals surface area contributed by atoms with E-state index in [0.717, 1.165) is 0 Å². The Morgan fingerprint density at radius 1 is 1.18 bits per heavy atom. The van der Waals surface area contributed by atoms with Crippen LogP contribution < -0.4 is 10.6 Å². The lowest BCUT2D eigenvalue weighted by atomic mass is 10.1. The average Bonchev–Trinajstić information content (AvgIpc) is 2.50. The van der Waals surface area contributed by atoms with Gasteiger partial charge in [-0.3, -0.25) is 14.4 Å². The standard InChI is InChI=1S/C14H24N2O6/c1-9(13(20)12(19)8-17)15-7-5-4-6-11(14(21)22-3)16-10(2)18/h9,11,15,17H,4-8H2,1-3H3,(H,16,18)/t9?,11-/m1/s1. The monoisotopic (exact) mass is 316 g/mol. The smallest absolute Gasteiger partial charge is 0.328 e. The molecule has 0 aromatic heterocycles. The summed E-state index contributed by atoms with van der Waals surface area (Å²) < 4.78 is 4.60. The maximum absolute atomic E-state index is 11.5. The van der Waals surface area contributed by atoms with Gasteiger partial charge in [0.05, 0.1) is 13.2 Å². The quantitative estimate of drug-likeness (QED) is 0.252. The summed E-state index contributed by atoms with van der Waals surface area (Å²) in [5.74, 6) is -2.29. The van der Waals surface area contributed by atoms with Gasteiger partial charge in [-0.25, -0.2) is 4.79 Å². The number of methoxy groups -OCH3 is 1. The van der Waals surface area contributed by atoms with Gasteiger partial charge < -0.3 is 20.5 Å². The molecular weight excluding hydrogens is 292 g/mol. The molecule has 8 nitrogen and oxygen atoms in total. The number of hydrogen-bond acceptors (Lipinski definition) is 7. The number of ketones is 2. The molecule has 1 unspecified atom stereocenters. The van der Waals surface area contributed by atoms with Crippen molar-refractivity contribution in [3.8, 4) is 0 Å². The molecule has 0 saturated heterocycles. The maximum Gasteiger partial charge on any atom is 0.328 e. The van der Waals surface area contributed by atoms with Crippen molar-refractivity contribution in [2.45, 2.75) is 45.2 Å². The number of rotatable bonds is 11. The summed E-state index contributed by atoms with van der Waals surface area (Å²) in [7, 11) is 1.25. The Morgan fingerprint density at radius 3 is 2.32 bits per heavy atom. The molecule has 0 aromatic carbocycles. The first-order valence-corrected chi connectivity index (χ1v) is 7.09. The van der Waals surface area contributed by atoms with Crippen LogP contribution >= 0.6 is 0 Å². The van der Waals surface area contributed by atoms with Gasteiger partial charge in [-0.1, -0.05) is 0 Å². The molecule has 126 valence electrons. The van der Waals surface area contributed by atoms with E-state index in [9.17, 15) is 19.2 Å². The van der Waals surface area contributed by atoms with E-state index in [1.54, 1.807) is 6.92 Å². The zero-order valence-electron chi connectivity index (χ0n) is 13.2. The van der Waals surface area contributed by atoms with Crippen LogP contribution in [0.1, 0.15) is 33.1 Å². The fourth-order valence-electron chi connectivity index (χ4n) is 1.84. The minimum Gasteiger partial charge on any atom is -0.467 e. The molecule has 0 aliphatic carbocycles. The number of aliphatic hydroxyl groups is 1. The molecule has 0 aliphatic heterocycles. The van der Waals surface area contributed by atoms with Crippen LogP contribution in [0.5, 0.6) is 0 Å². The van der Waals surface area contributed by atoms with Crippen molar-refractivity contribution in [1.82, 2.24) is 10.6 Å². The van der Waals surface area contributed by atoms with Crippen molar-refractivity contribution in [1.29, 1.82) is 0 Å². The van der Waals surface area contributed by atoms with Crippen LogP contribution in [0.15, 0.2) is 0 Å². The highest BCUT2D eigenvalue weighted by Gasteiger charge is 2.21. The highest BCUT2D eigenvalue weighted by molar-refractivity contribution is 6.39. The molecule has 0 fully saturated rings. The molecular formula is C14H24N2O6. The maximum atomic E-state index is 11.5. The first kappa shape index (κ1) is 20.2. The Kier molecular flexibility index (Phi) is 9.97. The summed E-state index contributed by atoms with van der Waals surface area (Å²) in [5, 5.41) is 14.0. The number of unbranched alkanes of at least 4 members (excludes halogenated alkanes) is 1. The fourth-order valence-corrected chi connectivity index (χ4v) is 1.84. The molecule has 0 aromatic rings. The van der Waals surface area contributed by atoms with Gasteiger partial charge in [0.15, 0.2) is 0 Å². The zero-order chi connectivity index (χ0) is 17.1. The number of carbonyl (C=O) groups excluding carboxylic acids is 4. The summed E-state index contributed by atoms with van der Waals surface area (Å²) in [6.07, 6.45) is 1.70. The largest absolute Gasteiger partial charge is 0.467 e. The molecule has 0 radical (unpaired) electrons. The van der Waals surface area contributed by atoms with E-state index in [-0.39, 0.29) is 5.91 Å². The van der Waals surface area contributed by atoms with Gasteiger partial charge in [0, 0.05) is 6.92 Å². The lowest BCUT2D eigenvalue weighted by Gasteiger charge is -2.16. The van der Waals surface area contributed by atoms with Gasteiger partial charge in [-0.2, -0.15) is 0 Å². The molecule has 0 bridgehead atoms. The Labute approximate surface area is 129 Å². The number of nitrogens with one attached hydrogen (secondary N) is 2. The predicted octanol–water partition coefficient (Wildman–Crippen LogP) is -1.06. The number of aliphatic hydroxyl groups excluding tert-OH is 1. The summed E-state index contributed by atoms with van der Waals surface area (Å²) >= 11 is 0. The third-order valence-electron chi connectivity index (χ3n) is 3.05. The Hall–Kier alpha value is -1.80.